The summed E-state index contributed by atoms with van der Waals surface area (Å²) in [5.41, 5.74) is 0. The fraction of sp³-hybridized carbons (Fsp3) is 1.00. The summed E-state index contributed by atoms with van der Waals surface area (Å²) in [5, 5.41) is 0. The van der Waals surface area contributed by atoms with Crippen molar-refractivity contribution < 1.29 is 28.4 Å². The second-order valence-electron chi connectivity index (χ2n) is 3.45. The fourth-order valence-electron chi connectivity index (χ4n) is 0.661. The van der Waals surface area contributed by atoms with E-state index in [2.05, 4.69) is 27.7 Å². The molecule has 0 heterocycles. The molecule has 0 aromatic heterocycles. The van der Waals surface area contributed by atoms with Crippen molar-refractivity contribution in [2.75, 3.05) is 0 Å². The molecular formula is C8H20HfO. The van der Waals surface area contributed by atoms with Crippen LogP contribution < -0.4 is 0 Å². The normalized spacial score (nSPS) is 9.80. The summed E-state index contributed by atoms with van der Waals surface area (Å²) in [5.74, 6) is 1.96. The third-order valence-electron chi connectivity index (χ3n) is 1.11. The Morgan fingerprint density at radius 2 is 1.20 bits per heavy atom. The minimum Gasteiger partial charge on any atom is -0.412 e. The van der Waals surface area contributed by atoms with Crippen LogP contribution in [0, 0.1) is 11.8 Å². The molecule has 10 heavy (non-hydrogen) atoms. The predicted octanol–water partition coefficient (Wildman–Crippen LogP) is 2.39. The molecule has 0 atom stereocenters. The average molecular weight is 311 g/mol. The molecule has 0 fully saturated rings. The van der Waals surface area contributed by atoms with Crippen LogP contribution in [-0.2, 0) is 22.9 Å². The van der Waals surface area contributed by atoms with Crippen LogP contribution in [0.25, 0.3) is 0 Å². The molecule has 0 aliphatic rings. The van der Waals surface area contributed by atoms with Gasteiger partial charge in [-0.3, -0.25) is 0 Å². The van der Waals surface area contributed by atoms with Gasteiger partial charge in [-0.2, -0.15) is 0 Å². The maximum absolute atomic E-state index is 2.34. The first kappa shape index (κ1) is 13.4. The third-order valence-corrected chi connectivity index (χ3v) is 9.05. The van der Waals surface area contributed by atoms with E-state index in [9.17, 15) is 0 Å². The maximum atomic E-state index is 2.34. The van der Waals surface area contributed by atoms with Gasteiger partial charge in [0, 0.05) is 0 Å². The first-order chi connectivity index (χ1) is 4.13. The van der Waals surface area contributed by atoms with E-state index in [1.54, 1.807) is 8.35 Å². The minimum atomic E-state index is -0.122. The Balaban J connectivity index is 0. The van der Waals surface area contributed by atoms with Crippen LogP contribution in [0.3, 0.4) is 0 Å². The first-order valence-corrected chi connectivity index (χ1v) is 8.91. The van der Waals surface area contributed by atoms with Gasteiger partial charge >= 0.3 is 70.8 Å². The standard InChI is InChI=1S/2C4H9.Hf.H2O/c2*1-4(2)3;;/h2*4H,1H2,2-3H3;;1H2. The molecule has 2 N–H and O–H groups in total. The van der Waals surface area contributed by atoms with Gasteiger partial charge in [0.05, 0.1) is 0 Å². The van der Waals surface area contributed by atoms with Crippen LogP contribution in [-0.4, -0.2) is 5.48 Å². The summed E-state index contributed by atoms with van der Waals surface area (Å²) in [6.45, 7) is 9.36. The van der Waals surface area contributed by atoms with Gasteiger partial charge < -0.3 is 5.48 Å². The van der Waals surface area contributed by atoms with Gasteiger partial charge in [0.1, 0.15) is 0 Å². The van der Waals surface area contributed by atoms with Crippen molar-refractivity contribution in [3.63, 3.8) is 0 Å². The second-order valence-corrected chi connectivity index (χ2v) is 8.18. The van der Waals surface area contributed by atoms with E-state index in [4.69, 9.17) is 0 Å². The van der Waals surface area contributed by atoms with Crippen molar-refractivity contribution in [3.8, 4) is 0 Å². The summed E-state index contributed by atoms with van der Waals surface area (Å²) in [6.07, 6.45) is 0. The SMILES string of the molecule is CC(C)[CH2][Hf][CH2]C(C)C.O. The van der Waals surface area contributed by atoms with Gasteiger partial charge in [0.15, 0.2) is 0 Å². The van der Waals surface area contributed by atoms with Gasteiger partial charge in [-0.25, -0.2) is 0 Å². The molecule has 62 valence electrons. The molecule has 0 radical (unpaired) electrons. The average Bonchev–Trinajstić information content (AvgIpc) is 1.63. The predicted molar refractivity (Wildman–Crippen MR) is 42.9 cm³/mol. The zero-order chi connectivity index (χ0) is 7.28. The first-order valence-electron chi connectivity index (χ1n) is 3.83. The van der Waals surface area contributed by atoms with E-state index >= 15 is 0 Å². The van der Waals surface area contributed by atoms with E-state index in [1.807, 2.05) is 0 Å². The Morgan fingerprint density at radius 3 is 1.40 bits per heavy atom. The summed E-state index contributed by atoms with van der Waals surface area (Å²) in [7, 11) is 0. The van der Waals surface area contributed by atoms with Gasteiger partial charge in [-0.05, 0) is 0 Å². The van der Waals surface area contributed by atoms with Crippen LogP contribution in [0.1, 0.15) is 27.7 Å². The minimum absolute atomic E-state index is 0. The van der Waals surface area contributed by atoms with Crippen LogP contribution in [0.5, 0.6) is 0 Å². The molecule has 0 saturated heterocycles. The Bertz CT molecular complexity index is 54.3. The number of hydrogen-bond acceptors (Lipinski definition) is 0. The molecule has 0 aliphatic heterocycles. The molecule has 1 nitrogen and oxygen atoms in total. The van der Waals surface area contributed by atoms with Crippen molar-refractivity contribution in [1.82, 2.24) is 0 Å². The Labute approximate surface area is 76.3 Å². The largest absolute Gasteiger partial charge is 0.412 e. The molecule has 2 heteroatoms. The zero-order valence-corrected chi connectivity index (χ0v) is 11.2. The monoisotopic (exact) mass is 312 g/mol. The molecule has 0 rings (SSSR count). The maximum Gasteiger partial charge on any atom is -0.412 e. The van der Waals surface area contributed by atoms with E-state index < -0.39 is 0 Å². The summed E-state index contributed by atoms with van der Waals surface area (Å²) in [4.78, 5) is 0. The Morgan fingerprint density at radius 1 is 0.900 bits per heavy atom. The van der Waals surface area contributed by atoms with E-state index in [-0.39, 0.29) is 28.4 Å². The van der Waals surface area contributed by atoms with E-state index in [0.29, 0.717) is 0 Å². The third kappa shape index (κ3) is 11.6. The van der Waals surface area contributed by atoms with Crippen LogP contribution in [0.2, 0.25) is 8.35 Å². The smallest absolute Gasteiger partial charge is 0.412 e. The molecule has 0 spiro atoms. The van der Waals surface area contributed by atoms with Crippen molar-refractivity contribution in [1.29, 1.82) is 0 Å². The van der Waals surface area contributed by atoms with Gasteiger partial charge in [-0.1, -0.05) is 0 Å². The van der Waals surface area contributed by atoms with Crippen molar-refractivity contribution >= 4 is 0 Å². The molecule has 0 bridgehead atoms. The Hall–Kier alpha value is 0.830. The van der Waals surface area contributed by atoms with E-state index in [0.717, 1.165) is 11.8 Å². The summed E-state index contributed by atoms with van der Waals surface area (Å²) >= 11 is -0.122. The molecule has 0 amide bonds. The molecule has 0 aliphatic carbocycles. The summed E-state index contributed by atoms with van der Waals surface area (Å²) in [6, 6.07) is 0. The Kier molecular flexibility index (Phi) is 10.6. The van der Waals surface area contributed by atoms with Gasteiger partial charge in [0.2, 0.25) is 0 Å². The second kappa shape index (κ2) is 7.93. The topological polar surface area (TPSA) is 31.5 Å². The van der Waals surface area contributed by atoms with Crippen molar-refractivity contribution in [2.24, 2.45) is 11.8 Å². The number of hydrogen-bond donors (Lipinski definition) is 0. The molecule has 0 aromatic carbocycles. The van der Waals surface area contributed by atoms with Gasteiger partial charge in [-0.15, -0.1) is 0 Å². The van der Waals surface area contributed by atoms with Crippen molar-refractivity contribution in [3.05, 3.63) is 0 Å². The van der Waals surface area contributed by atoms with Crippen LogP contribution in [0.15, 0.2) is 0 Å². The van der Waals surface area contributed by atoms with Crippen LogP contribution in [0.4, 0.5) is 0 Å². The molecular weight excluding hydrogens is 291 g/mol. The summed E-state index contributed by atoms with van der Waals surface area (Å²) < 4.78 is 3.19. The molecule has 0 aromatic rings. The quantitative estimate of drug-likeness (QED) is 0.714. The van der Waals surface area contributed by atoms with Crippen molar-refractivity contribution in [2.45, 2.75) is 36.0 Å². The molecule has 0 saturated carbocycles. The number of rotatable bonds is 4. The fourth-order valence-corrected chi connectivity index (χ4v) is 5.41. The molecule has 0 unspecified atom stereocenters. The zero-order valence-electron chi connectivity index (χ0n) is 7.57. The van der Waals surface area contributed by atoms with Crippen LogP contribution >= 0.6 is 0 Å². The van der Waals surface area contributed by atoms with E-state index in [1.165, 1.54) is 0 Å². The van der Waals surface area contributed by atoms with Gasteiger partial charge in [0.25, 0.3) is 0 Å².